The summed E-state index contributed by atoms with van der Waals surface area (Å²) in [5, 5.41) is 5.50. The molecular formula is C30H37N3O6. The summed E-state index contributed by atoms with van der Waals surface area (Å²) in [6.45, 7) is 6.91. The SMILES string of the molecule is C/C=C/C=C/C(=O)CC(=O)N[C@@H](CC(=O)N[C@H](C(=O)[C@@H]1C(=O)N(C2CC2)C(=O)[C@H]1C)C(C)C)c1ccccc1. The number of Topliss-reactive ketones (excluding diaryl/α,β-unsaturated/α-hetero) is 1. The average molecular weight is 536 g/mol. The second-order valence-electron chi connectivity index (χ2n) is 10.5. The summed E-state index contributed by atoms with van der Waals surface area (Å²) in [7, 11) is 0. The number of imide groups is 1. The van der Waals surface area contributed by atoms with Crippen molar-refractivity contribution in [2.75, 3.05) is 0 Å². The quantitative estimate of drug-likeness (QED) is 0.173. The minimum absolute atomic E-state index is 0.127. The highest BCUT2D eigenvalue weighted by Gasteiger charge is 2.54. The summed E-state index contributed by atoms with van der Waals surface area (Å²) in [6, 6.07) is 7.01. The molecule has 1 heterocycles. The van der Waals surface area contributed by atoms with Crippen molar-refractivity contribution < 1.29 is 28.8 Å². The molecular weight excluding hydrogens is 498 g/mol. The number of nitrogens with zero attached hydrogens (tertiary/aromatic N) is 1. The number of carbonyl (C=O) groups is 6. The van der Waals surface area contributed by atoms with E-state index in [1.807, 2.05) is 6.92 Å². The number of hydrogen-bond donors (Lipinski definition) is 2. The fourth-order valence-electron chi connectivity index (χ4n) is 4.75. The van der Waals surface area contributed by atoms with E-state index in [1.54, 1.807) is 69.3 Å². The fourth-order valence-corrected chi connectivity index (χ4v) is 4.75. The van der Waals surface area contributed by atoms with E-state index < -0.39 is 47.4 Å². The van der Waals surface area contributed by atoms with Crippen LogP contribution < -0.4 is 10.6 Å². The van der Waals surface area contributed by atoms with Gasteiger partial charge >= 0.3 is 0 Å². The number of carbonyl (C=O) groups excluding carboxylic acids is 6. The van der Waals surface area contributed by atoms with Gasteiger partial charge in [0.2, 0.25) is 23.6 Å². The lowest BCUT2D eigenvalue weighted by Gasteiger charge is -2.26. The molecule has 1 saturated heterocycles. The molecule has 3 rings (SSSR count). The van der Waals surface area contributed by atoms with Gasteiger partial charge in [-0.2, -0.15) is 0 Å². The predicted molar refractivity (Wildman–Crippen MR) is 145 cm³/mol. The molecule has 0 bridgehead atoms. The molecule has 1 aromatic carbocycles. The third-order valence-electron chi connectivity index (χ3n) is 6.99. The van der Waals surface area contributed by atoms with Gasteiger partial charge in [-0.3, -0.25) is 33.7 Å². The second-order valence-corrected chi connectivity index (χ2v) is 10.5. The first-order chi connectivity index (χ1) is 18.5. The summed E-state index contributed by atoms with van der Waals surface area (Å²) in [4.78, 5) is 78.3. The molecule has 208 valence electrons. The van der Waals surface area contributed by atoms with E-state index in [4.69, 9.17) is 0 Å². The Bertz CT molecular complexity index is 1170. The Morgan fingerprint density at radius 2 is 1.64 bits per heavy atom. The second kappa shape index (κ2) is 13.3. The summed E-state index contributed by atoms with van der Waals surface area (Å²) in [6.07, 6.45) is 7.23. The van der Waals surface area contributed by atoms with E-state index in [-0.39, 0.29) is 36.5 Å². The Labute approximate surface area is 229 Å². The van der Waals surface area contributed by atoms with Crippen molar-refractivity contribution in [1.82, 2.24) is 15.5 Å². The van der Waals surface area contributed by atoms with Crippen molar-refractivity contribution in [3.8, 4) is 0 Å². The van der Waals surface area contributed by atoms with Crippen LogP contribution in [0.5, 0.6) is 0 Å². The van der Waals surface area contributed by atoms with Crippen LogP contribution in [0, 0.1) is 17.8 Å². The predicted octanol–water partition coefficient (Wildman–Crippen LogP) is 2.82. The first-order valence-corrected chi connectivity index (χ1v) is 13.4. The zero-order valence-corrected chi connectivity index (χ0v) is 22.9. The first kappa shape index (κ1) is 29.7. The first-order valence-electron chi connectivity index (χ1n) is 13.4. The molecule has 1 aromatic rings. The minimum atomic E-state index is -1.13. The van der Waals surface area contributed by atoms with Gasteiger partial charge in [-0.05, 0) is 37.3 Å². The van der Waals surface area contributed by atoms with E-state index in [0.29, 0.717) is 5.56 Å². The van der Waals surface area contributed by atoms with Crippen molar-refractivity contribution in [1.29, 1.82) is 0 Å². The molecule has 2 fully saturated rings. The molecule has 1 aliphatic carbocycles. The van der Waals surface area contributed by atoms with Gasteiger partial charge in [-0.1, -0.05) is 69.3 Å². The summed E-state index contributed by atoms with van der Waals surface area (Å²) >= 11 is 0. The zero-order valence-electron chi connectivity index (χ0n) is 22.9. The van der Waals surface area contributed by atoms with Crippen molar-refractivity contribution in [3.63, 3.8) is 0 Å². The molecule has 1 aliphatic heterocycles. The zero-order chi connectivity index (χ0) is 28.7. The van der Waals surface area contributed by atoms with Gasteiger partial charge in [-0.15, -0.1) is 0 Å². The lowest BCUT2D eigenvalue weighted by Crippen LogP contribution is -2.50. The maximum atomic E-state index is 13.5. The molecule has 4 amide bonds. The summed E-state index contributed by atoms with van der Waals surface area (Å²) < 4.78 is 0. The Morgan fingerprint density at radius 3 is 2.23 bits per heavy atom. The number of likely N-dealkylation sites (tertiary alicyclic amines) is 1. The summed E-state index contributed by atoms with van der Waals surface area (Å²) in [5.74, 6) is -4.96. The molecule has 0 spiro atoms. The summed E-state index contributed by atoms with van der Waals surface area (Å²) in [5.41, 5.74) is 0.663. The van der Waals surface area contributed by atoms with Crippen LogP contribution in [-0.2, 0) is 28.8 Å². The van der Waals surface area contributed by atoms with Crippen LogP contribution in [0.1, 0.15) is 65.0 Å². The van der Waals surface area contributed by atoms with Crippen molar-refractivity contribution in [2.45, 2.75) is 71.5 Å². The van der Waals surface area contributed by atoms with Gasteiger partial charge in [-0.25, -0.2) is 0 Å². The number of rotatable bonds is 13. The number of ketones is 2. The molecule has 0 unspecified atom stereocenters. The Kier molecular flexibility index (Phi) is 10.1. The number of amides is 4. The smallest absolute Gasteiger partial charge is 0.240 e. The molecule has 2 aliphatic rings. The van der Waals surface area contributed by atoms with Crippen molar-refractivity contribution >= 4 is 35.2 Å². The standard InChI is InChI=1S/C30H37N3O6/c1-5-6-8-13-22(34)16-24(35)31-23(20-11-9-7-10-12-20)17-25(36)32-27(18(2)3)28(37)26-19(4)29(38)33(30(26)39)21-14-15-21/h5-13,18-19,21,23,26-27H,14-17H2,1-4H3,(H,31,35)(H,32,36)/b6-5+,13-8+/t19-,23-,26+,27-/m0/s1. The van der Waals surface area contributed by atoms with Gasteiger partial charge in [0, 0.05) is 6.04 Å². The molecule has 39 heavy (non-hydrogen) atoms. The molecule has 2 N–H and O–H groups in total. The van der Waals surface area contributed by atoms with Crippen LogP contribution in [0.3, 0.4) is 0 Å². The van der Waals surface area contributed by atoms with Gasteiger partial charge in [0.05, 0.1) is 30.8 Å². The van der Waals surface area contributed by atoms with Crippen LogP contribution in [0.2, 0.25) is 0 Å². The largest absolute Gasteiger partial charge is 0.348 e. The van der Waals surface area contributed by atoms with Crippen LogP contribution in [0.15, 0.2) is 54.6 Å². The molecule has 4 atom stereocenters. The van der Waals surface area contributed by atoms with Crippen molar-refractivity contribution in [2.24, 2.45) is 17.8 Å². The number of allylic oxidation sites excluding steroid dienone is 4. The number of nitrogens with one attached hydrogen (secondary N) is 2. The van der Waals surface area contributed by atoms with Crippen LogP contribution in [0.4, 0.5) is 0 Å². The normalized spacial score (nSPS) is 21.0. The van der Waals surface area contributed by atoms with Gasteiger partial charge in [0.15, 0.2) is 11.6 Å². The lowest BCUT2D eigenvalue weighted by molar-refractivity contribution is -0.142. The number of hydrogen-bond acceptors (Lipinski definition) is 6. The van der Waals surface area contributed by atoms with E-state index in [0.717, 1.165) is 12.8 Å². The topological polar surface area (TPSA) is 130 Å². The highest BCUT2D eigenvalue weighted by atomic mass is 16.2. The third kappa shape index (κ3) is 7.59. The minimum Gasteiger partial charge on any atom is -0.348 e. The maximum absolute atomic E-state index is 13.5. The molecule has 1 saturated carbocycles. The van der Waals surface area contributed by atoms with Crippen LogP contribution >= 0.6 is 0 Å². The lowest BCUT2D eigenvalue weighted by atomic mass is 9.85. The van der Waals surface area contributed by atoms with E-state index >= 15 is 0 Å². The number of benzene rings is 1. The molecule has 9 nitrogen and oxygen atoms in total. The molecule has 0 radical (unpaired) electrons. The van der Waals surface area contributed by atoms with E-state index in [2.05, 4.69) is 10.6 Å². The highest BCUT2D eigenvalue weighted by molar-refractivity contribution is 6.17. The maximum Gasteiger partial charge on any atom is 0.240 e. The van der Waals surface area contributed by atoms with E-state index in [9.17, 15) is 28.8 Å². The monoisotopic (exact) mass is 535 g/mol. The Balaban J connectivity index is 1.71. The van der Waals surface area contributed by atoms with Crippen LogP contribution in [-0.4, -0.2) is 52.2 Å². The van der Waals surface area contributed by atoms with E-state index in [1.165, 1.54) is 11.0 Å². The highest BCUT2D eigenvalue weighted by Crippen LogP contribution is 2.37. The molecule has 9 heteroatoms. The molecule has 0 aromatic heterocycles. The van der Waals surface area contributed by atoms with Gasteiger partial charge in [0.25, 0.3) is 0 Å². The van der Waals surface area contributed by atoms with Gasteiger partial charge in [0.1, 0.15) is 5.92 Å². The Morgan fingerprint density at radius 1 is 0.974 bits per heavy atom. The average Bonchev–Trinajstić information content (AvgIpc) is 3.69. The van der Waals surface area contributed by atoms with Crippen LogP contribution in [0.25, 0.3) is 0 Å². The third-order valence-corrected chi connectivity index (χ3v) is 6.99. The Hall–Kier alpha value is -3.88. The van der Waals surface area contributed by atoms with Crippen molar-refractivity contribution in [3.05, 3.63) is 60.2 Å². The fraction of sp³-hybridized carbons (Fsp3) is 0.467. The van der Waals surface area contributed by atoms with Gasteiger partial charge < -0.3 is 10.6 Å².